The molecule has 0 aliphatic rings. The van der Waals surface area contributed by atoms with Gasteiger partial charge in [0.25, 0.3) is 0 Å². The lowest BCUT2D eigenvalue weighted by molar-refractivity contribution is -0.119. The van der Waals surface area contributed by atoms with Crippen LogP contribution in [0.5, 0.6) is 0 Å². The van der Waals surface area contributed by atoms with E-state index in [4.69, 9.17) is 27.6 Å². The molecule has 0 aliphatic carbocycles. The third-order valence-corrected chi connectivity index (χ3v) is 4.53. The molecule has 0 saturated carbocycles. The van der Waals surface area contributed by atoms with E-state index in [1.807, 2.05) is 13.8 Å². The Labute approximate surface area is 184 Å². The highest BCUT2D eigenvalue weighted by atomic mass is 35.5. The van der Waals surface area contributed by atoms with Crippen LogP contribution >= 0.6 is 23.2 Å². The minimum atomic E-state index is -0.328. The minimum Gasteiger partial charge on any atom is -0.457 e. The molecule has 7 heteroatoms. The van der Waals surface area contributed by atoms with Gasteiger partial charge in [-0.2, -0.15) is 0 Å². The molecule has 2 amide bonds. The lowest BCUT2D eigenvalue weighted by Gasteiger charge is -2.09. The topological polar surface area (TPSA) is 71.3 Å². The van der Waals surface area contributed by atoms with Crippen LogP contribution in [0.25, 0.3) is 17.4 Å². The highest BCUT2D eigenvalue weighted by Gasteiger charge is 2.08. The average Bonchev–Trinajstić information content (AvgIpc) is 3.15. The standard InChI is InChI=1S/C23H20Cl2N2O3/c1-14(2)23(29)27-19-5-3-4-18(13-19)26-22(28)9-7-20-6-8-21(30-20)15-10-16(24)12-17(25)11-15/h3-14H,1-2H3,(H,26,28)(H,27,29)/b9-7+. The third kappa shape index (κ3) is 5.99. The number of carbonyl (C=O) groups excluding carboxylic acids is 2. The van der Waals surface area contributed by atoms with Crippen molar-refractivity contribution in [2.24, 2.45) is 5.92 Å². The normalized spacial score (nSPS) is 11.1. The number of hydrogen-bond donors (Lipinski definition) is 2. The minimum absolute atomic E-state index is 0.0898. The first-order valence-electron chi connectivity index (χ1n) is 9.26. The Morgan fingerprint density at radius 3 is 2.27 bits per heavy atom. The van der Waals surface area contributed by atoms with Gasteiger partial charge in [0.05, 0.1) is 0 Å². The van der Waals surface area contributed by atoms with Gasteiger partial charge in [0.15, 0.2) is 0 Å². The van der Waals surface area contributed by atoms with E-state index >= 15 is 0 Å². The maximum absolute atomic E-state index is 12.2. The van der Waals surface area contributed by atoms with Gasteiger partial charge >= 0.3 is 0 Å². The first-order valence-corrected chi connectivity index (χ1v) is 10.0. The van der Waals surface area contributed by atoms with Crippen molar-refractivity contribution in [1.29, 1.82) is 0 Å². The fourth-order valence-corrected chi connectivity index (χ4v) is 3.12. The van der Waals surface area contributed by atoms with Crippen LogP contribution in [0.1, 0.15) is 19.6 Å². The third-order valence-electron chi connectivity index (χ3n) is 4.09. The van der Waals surface area contributed by atoms with Crippen molar-refractivity contribution in [3.05, 3.63) is 76.5 Å². The van der Waals surface area contributed by atoms with E-state index in [0.717, 1.165) is 5.56 Å². The Bertz CT molecular complexity index is 1080. The summed E-state index contributed by atoms with van der Waals surface area (Å²) in [6, 6.07) is 15.6. The lowest BCUT2D eigenvalue weighted by atomic mass is 10.2. The van der Waals surface area contributed by atoms with Gasteiger partial charge in [-0.15, -0.1) is 0 Å². The molecule has 30 heavy (non-hydrogen) atoms. The molecule has 2 N–H and O–H groups in total. The second kappa shape index (κ2) is 9.65. The van der Waals surface area contributed by atoms with E-state index in [0.29, 0.717) is 32.9 Å². The Hall–Kier alpha value is -3.02. The lowest BCUT2D eigenvalue weighted by Crippen LogP contribution is -2.17. The molecule has 0 aliphatic heterocycles. The second-order valence-electron chi connectivity index (χ2n) is 6.91. The summed E-state index contributed by atoms with van der Waals surface area (Å²) in [5, 5.41) is 6.57. The molecule has 154 valence electrons. The zero-order valence-electron chi connectivity index (χ0n) is 16.4. The Balaban J connectivity index is 1.64. The molecule has 3 rings (SSSR count). The predicted molar refractivity (Wildman–Crippen MR) is 122 cm³/mol. The fourth-order valence-electron chi connectivity index (χ4n) is 2.60. The van der Waals surface area contributed by atoms with Crippen LogP contribution in [-0.4, -0.2) is 11.8 Å². The molecular weight excluding hydrogens is 423 g/mol. The average molecular weight is 443 g/mol. The van der Waals surface area contributed by atoms with Gasteiger partial charge in [0, 0.05) is 39.0 Å². The Morgan fingerprint density at radius 1 is 0.933 bits per heavy atom. The monoisotopic (exact) mass is 442 g/mol. The molecule has 0 unspecified atom stereocenters. The largest absolute Gasteiger partial charge is 0.457 e. The van der Waals surface area contributed by atoms with E-state index in [-0.39, 0.29) is 17.7 Å². The van der Waals surface area contributed by atoms with Gasteiger partial charge in [-0.3, -0.25) is 9.59 Å². The fraction of sp³-hybridized carbons (Fsp3) is 0.130. The molecule has 2 aromatic carbocycles. The molecule has 0 spiro atoms. The number of halogens is 2. The zero-order valence-corrected chi connectivity index (χ0v) is 17.9. The van der Waals surface area contributed by atoms with Crippen molar-refractivity contribution in [2.75, 3.05) is 10.6 Å². The van der Waals surface area contributed by atoms with Gasteiger partial charge in [0.1, 0.15) is 11.5 Å². The second-order valence-corrected chi connectivity index (χ2v) is 7.78. The SMILES string of the molecule is CC(C)C(=O)Nc1cccc(NC(=O)/C=C/c2ccc(-c3cc(Cl)cc(Cl)c3)o2)c1. The maximum Gasteiger partial charge on any atom is 0.248 e. The predicted octanol–water partition coefficient (Wildman–Crippen LogP) is 6.50. The Kier molecular flexibility index (Phi) is 6.98. The molecule has 3 aromatic rings. The first kappa shape index (κ1) is 21.7. The number of rotatable bonds is 6. The van der Waals surface area contributed by atoms with Gasteiger partial charge in [-0.05, 0) is 54.6 Å². The van der Waals surface area contributed by atoms with Crippen LogP contribution in [-0.2, 0) is 9.59 Å². The van der Waals surface area contributed by atoms with Gasteiger partial charge in [-0.1, -0.05) is 43.1 Å². The molecule has 0 atom stereocenters. The molecular formula is C23H20Cl2N2O3. The van der Waals surface area contributed by atoms with Gasteiger partial charge < -0.3 is 15.1 Å². The van der Waals surface area contributed by atoms with Crippen molar-refractivity contribution >= 4 is 52.5 Å². The van der Waals surface area contributed by atoms with Crippen LogP contribution in [0.15, 0.2) is 65.1 Å². The van der Waals surface area contributed by atoms with Crippen LogP contribution in [0.2, 0.25) is 10.0 Å². The van der Waals surface area contributed by atoms with Crippen molar-refractivity contribution in [1.82, 2.24) is 0 Å². The number of amides is 2. The number of benzene rings is 2. The summed E-state index contributed by atoms with van der Waals surface area (Å²) in [6.07, 6.45) is 2.93. The molecule has 0 fully saturated rings. The number of carbonyl (C=O) groups is 2. The van der Waals surface area contributed by atoms with Gasteiger partial charge in [0.2, 0.25) is 11.8 Å². The molecule has 1 aromatic heterocycles. The molecule has 1 heterocycles. The van der Waals surface area contributed by atoms with E-state index < -0.39 is 0 Å². The quantitative estimate of drug-likeness (QED) is 0.427. The molecule has 0 saturated heterocycles. The van der Waals surface area contributed by atoms with E-state index in [2.05, 4.69) is 10.6 Å². The highest BCUT2D eigenvalue weighted by molar-refractivity contribution is 6.35. The van der Waals surface area contributed by atoms with Crippen LogP contribution in [0.4, 0.5) is 11.4 Å². The van der Waals surface area contributed by atoms with E-state index in [1.165, 1.54) is 6.08 Å². The van der Waals surface area contributed by atoms with Crippen molar-refractivity contribution in [3.8, 4) is 11.3 Å². The highest BCUT2D eigenvalue weighted by Crippen LogP contribution is 2.29. The number of anilines is 2. The summed E-state index contributed by atoms with van der Waals surface area (Å²) < 4.78 is 5.73. The molecule has 0 radical (unpaired) electrons. The van der Waals surface area contributed by atoms with E-state index in [1.54, 1.807) is 60.7 Å². The maximum atomic E-state index is 12.2. The number of furan rings is 1. The first-order chi connectivity index (χ1) is 14.3. The summed E-state index contributed by atoms with van der Waals surface area (Å²) >= 11 is 12.0. The van der Waals surface area contributed by atoms with Crippen molar-refractivity contribution < 1.29 is 14.0 Å². The number of nitrogens with one attached hydrogen (secondary N) is 2. The van der Waals surface area contributed by atoms with Crippen LogP contribution < -0.4 is 10.6 Å². The smallest absolute Gasteiger partial charge is 0.248 e. The molecule has 5 nitrogen and oxygen atoms in total. The summed E-state index contributed by atoms with van der Waals surface area (Å²) in [4.78, 5) is 24.0. The van der Waals surface area contributed by atoms with Crippen LogP contribution in [0.3, 0.4) is 0 Å². The summed E-state index contributed by atoms with van der Waals surface area (Å²) in [5.74, 6) is 0.550. The zero-order chi connectivity index (χ0) is 21.7. The Morgan fingerprint density at radius 2 is 1.60 bits per heavy atom. The molecule has 0 bridgehead atoms. The van der Waals surface area contributed by atoms with Crippen molar-refractivity contribution in [3.63, 3.8) is 0 Å². The summed E-state index contributed by atoms with van der Waals surface area (Å²) in [6.45, 7) is 3.62. The van der Waals surface area contributed by atoms with E-state index in [9.17, 15) is 9.59 Å². The van der Waals surface area contributed by atoms with Gasteiger partial charge in [-0.25, -0.2) is 0 Å². The summed E-state index contributed by atoms with van der Waals surface area (Å²) in [5.41, 5.74) is 1.93. The van der Waals surface area contributed by atoms with Crippen LogP contribution in [0, 0.1) is 5.92 Å². The summed E-state index contributed by atoms with van der Waals surface area (Å²) in [7, 11) is 0. The number of hydrogen-bond acceptors (Lipinski definition) is 3. The van der Waals surface area contributed by atoms with Crippen molar-refractivity contribution in [2.45, 2.75) is 13.8 Å².